The van der Waals surface area contributed by atoms with Crippen molar-refractivity contribution in [2.24, 2.45) is 11.1 Å². The molecular weight excluding hydrogens is 380 g/mol. The van der Waals surface area contributed by atoms with Gasteiger partial charge in [0.2, 0.25) is 0 Å². The average molecular weight is 415 g/mol. The second kappa shape index (κ2) is 9.44. The maximum atomic E-state index is 11.6. The first-order valence-corrected chi connectivity index (χ1v) is 10.00. The van der Waals surface area contributed by atoms with Crippen molar-refractivity contribution >= 4 is 17.6 Å². The van der Waals surface area contributed by atoms with Gasteiger partial charge in [-0.1, -0.05) is 50.6 Å². The van der Waals surface area contributed by atoms with E-state index in [1.54, 1.807) is 0 Å². The van der Waals surface area contributed by atoms with Crippen LogP contribution in [0.2, 0.25) is 5.02 Å². The zero-order valence-corrected chi connectivity index (χ0v) is 18.6. The minimum atomic E-state index is -0.883. The van der Waals surface area contributed by atoms with Crippen molar-refractivity contribution in [1.29, 1.82) is 0 Å². The van der Waals surface area contributed by atoms with E-state index in [1.165, 1.54) is 0 Å². The number of hydrogen-bond donors (Lipinski definition) is 3. The normalized spacial score (nSPS) is 34.9. The van der Waals surface area contributed by atoms with E-state index in [4.69, 9.17) is 26.8 Å². The van der Waals surface area contributed by atoms with Crippen LogP contribution in [0.3, 0.4) is 0 Å². The van der Waals surface area contributed by atoms with E-state index in [2.05, 4.69) is 5.32 Å². The minimum absolute atomic E-state index is 0.373. The summed E-state index contributed by atoms with van der Waals surface area (Å²) in [6.07, 6.45) is 1.45. The number of amides is 2. The summed E-state index contributed by atoms with van der Waals surface area (Å²) in [4.78, 5) is 11.6. The third-order valence-corrected chi connectivity index (χ3v) is 7.04. The summed E-state index contributed by atoms with van der Waals surface area (Å²) in [5.74, 6) is 0. The highest BCUT2D eigenvalue weighted by atomic mass is 35.5. The van der Waals surface area contributed by atoms with Gasteiger partial charge in [-0.05, 0) is 45.7 Å². The van der Waals surface area contributed by atoms with E-state index in [0.29, 0.717) is 13.0 Å². The Morgan fingerprint density at radius 2 is 1.79 bits per heavy atom. The lowest BCUT2D eigenvalue weighted by atomic mass is 9.55. The van der Waals surface area contributed by atoms with Gasteiger partial charge in [-0.2, -0.15) is 0 Å². The van der Waals surface area contributed by atoms with Crippen molar-refractivity contribution in [3.8, 4) is 0 Å². The van der Waals surface area contributed by atoms with Crippen LogP contribution in [0.25, 0.3) is 0 Å². The summed E-state index contributed by atoms with van der Waals surface area (Å²) in [5.41, 5.74) is 2.67. The van der Waals surface area contributed by atoms with Crippen LogP contribution in [-0.4, -0.2) is 41.3 Å². The second-order valence-corrected chi connectivity index (χ2v) is 8.44. The number of nitrogens with two attached hydrogens (primary N) is 1. The molecule has 0 radical (unpaired) electrons. The zero-order chi connectivity index (χ0) is 21.6. The highest BCUT2D eigenvalue weighted by Gasteiger charge is 2.67. The van der Waals surface area contributed by atoms with Crippen LogP contribution in [0.4, 0.5) is 4.79 Å². The van der Waals surface area contributed by atoms with Gasteiger partial charge in [0.25, 0.3) is 0 Å². The van der Waals surface area contributed by atoms with Crippen LogP contribution in [0.1, 0.15) is 54.4 Å². The first-order chi connectivity index (χ1) is 12.9. The lowest BCUT2D eigenvalue weighted by Crippen LogP contribution is -2.81. The van der Waals surface area contributed by atoms with Gasteiger partial charge in [0.15, 0.2) is 0 Å². The van der Waals surface area contributed by atoms with Gasteiger partial charge in [-0.3, -0.25) is 0 Å². The van der Waals surface area contributed by atoms with Crippen LogP contribution >= 0.6 is 11.6 Å². The average Bonchev–Trinajstić information content (AvgIpc) is 2.65. The van der Waals surface area contributed by atoms with Gasteiger partial charge >= 0.3 is 6.03 Å². The van der Waals surface area contributed by atoms with Crippen LogP contribution in [0.15, 0.2) is 30.3 Å². The van der Waals surface area contributed by atoms with Gasteiger partial charge in [0.05, 0.1) is 17.7 Å². The molecule has 2 amide bonds. The van der Waals surface area contributed by atoms with E-state index in [1.807, 2.05) is 71.9 Å². The van der Waals surface area contributed by atoms with Crippen LogP contribution < -0.4 is 11.1 Å². The number of aliphatic hydroxyl groups excluding tert-OH is 1. The zero-order valence-electron chi connectivity index (χ0n) is 17.8. The molecule has 4 unspecified atom stereocenters. The molecule has 4 atom stereocenters. The Hall–Kier alpha value is -1.34. The van der Waals surface area contributed by atoms with Gasteiger partial charge in [-0.15, -0.1) is 0 Å². The molecule has 160 valence electrons. The minimum Gasteiger partial charge on any atom is -0.372 e. The Morgan fingerprint density at radius 3 is 2.14 bits per heavy atom. The summed E-state index contributed by atoms with van der Waals surface area (Å²) in [7, 11) is 0. The summed E-state index contributed by atoms with van der Waals surface area (Å²) >= 11 is 5.54. The summed E-state index contributed by atoms with van der Waals surface area (Å²) in [6, 6.07) is 8.81. The number of aliphatic hydroxyl groups is 1. The topological polar surface area (TPSA) is 93.8 Å². The second-order valence-electron chi connectivity index (χ2n) is 8.00. The summed E-state index contributed by atoms with van der Waals surface area (Å²) < 4.78 is 11.9. The van der Waals surface area contributed by atoms with Crippen molar-refractivity contribution in [2.75, 3.05) is 13.4 Å². The Morgan fingerprint density at radius 1 is 1.21 bits per heavy atom. The highest BCUT2D eigenvalue weighted by Crippen LogP contribution is 2.54. The van der Waals surface area contributed by atoms with E-state index >= 15 is 0 Å². The van der Waals surface area contributed by atoms with Crippen LogP contribution in [-0.2, 0) is 9.47 Å². The van der Waals surface area contributed by atoms with E-state index < -0.39 is 29.6 Å². The predicted octanol–water partition coefficient (Wildman–Crippen LogP) is 4.09. The number of nitrogens with one attached hydrogen (secondary N) is 1. The molecule has 6 nitrogen and oxygen atoms in total. The fraction of sp³-hybridized carbons (Fsp3) is 0.667. The maximum absolute atomic E-state index is 11.6. The maximum Gasteiger partial charge on any atom is 0.312 e. The summed E-state index contributed by atoms with van der Waals surface area (Å²) in [6.45, 7) is 11.9. The number of carbonyl (C=O) groups excluding carboxylic acids is 1. The van der Waals surface area contributed by atoms with Gasteiger partial charge < -0.3 is 25.6 Å². The standard InChI is InChI=1S/C15H30N2O4.C6H5Cl/c1-7-12(3)9-20-13(4,8-2)14(5,17-11(16)19)15(12,6)21-10-18;7-6-4-2-1-3-5-6/h18H,7-10H2,1-6H3,(H3,16,17,19);1-5H. The molecule has 0 aromatic heterocycles. The molecule has 1 heterocycles. The number of urea groups is 1. The van der Waals surface area contributed by atoms with Crippen molar-refractivity contribution in [3.05, 3.63) is 35.4 Å². The molecule has 1 aromatic rings. The highest BCUT2D eigenvalue weighted by molar-refractivity contribution is 6.30. The molecule has 0 bridgehead atoms. The molecule has 28 heavy (non-hydrogen) atoms. The van der Waals surface area contributed by atoms with E-state index in [0.717, 1.165) is 11.4 Å². The Balaban J connectivity index is 0.000000467. The van der Waals surface area contributed by atoms with Gasteiger partial charge in [0.1, 0.15) is 12.4 Å². The third kappa shape index (κ3) is 4.46. The number of carbonyl (C=O) groups is 1. The molecule has 1 fully saturated rings. The molecule has 4 N–H and O–H groups in total. The summed E-state index contributed by atoms with van der Waals surface area (Å²) in [5, 5.41) is 13.0. The molecule has 1 aromatic carbocycles. The fourth-order valence-electron chi connectivity index (χ4n) is 3.96. The Bertz CT molecular complexity index is 647. The number of benzene rings is 1. The molecule has 0 saturated carbocycles. The molecule has 2 rings (SSSR count). The van der Waals surface area contributed by atoms with Crippen molar-refractivity contribution in [2.45, 2.75) is 71.1 Å². The first kappa shape index (κ1) is 24.7. The monoisotopic (exact) mass is 414 g/mol. The van der Waals surface area contributed by atoms with Crippen molar-refractivity contribution in [3.63, 3.8) is 0 Å². The van der Waals surface area contributed by atoms with E-state index in [9.17, 15) is 9.90 Å². The molecule has 0 spiro atoms. The lowest BCUT2D eigenvalue weighted by Gasteiger charge is -2.65. The third-order valence-electron chi connectivity index (χ3n) is 6.79. The molecule has 7 heteroatoms. The number of hydrogen-bond acceptors (Lipinski definition) is 4. The molecular formula is C21H35ClN2O4. The quantitative estimate of drug-likeness (QED) is 0.632. The van der Waals surface area contributed by atoms with Crippen molar-refractivity contribution < 1.29 is 19.4 Å². The SMILES string of the molecule is CCC1(C)COC(C)(CC)C(C)(NC(N)=O)C1(C)OCO.Clc1ccccc1. The molecule has 0 aliphatic carbocycles. The fourth-order valence-corrected chi connectivity index (χ4v) is 4.11. The number of halogens is 1. The predicted molar refractivity (Wildman–Crippen MR) is 112 cm³/mol. The van der Waals surface area contributed by atoms with E-state index in [-0.39, 0.29) is 5.41 Å². The van der Waals surface area contributed by atoms with Gasteiger partial charge in [-0.25, -0.2) is 4.79 Å². The molecule has 1 saturated heterocycles. The van der Waals surface area contributed by atoms with Gasteiger partial charge in [0, 0.05) is 10.4 Å². The number of ether oxygens (including phenoxy) is 2. The number of rotatable bonds is 5. The molecule has 1 aliphatic heterocycles. The number of primary amides is 1. The largest absolute Gasteiger partial charge is 0.372 e. The Labute approximate surface area is 173 Å². The smallest absolute Gasteiger partial charge is 0.312 e. The Kier molecular flexibility index (Phi) is 8.33. The molecule has 1 aliphatic rings. The van der Waals surface area contributed by atoms with Crippen LogP contribution in [0.5, 0.6) is 0 Å². The van der Waals surface area contributed by atoms with Crippen LogP contribution in [0, 0.1) is 5.41 Å². The van der Waals surface area contributed by atoms with Crippen molar-refractivity contribution in [1.82, 2.24) is 5.32 Å². The first-order valence-electron chi connectivity index (χ1n) is 9.62. The lowest BCUT2D eigenvalue weighted by molar-refractivity contribution is -0.303.